The Morgan fingerprint density at radius 2 is 1.97 bits per heavy atom. The topological polar surface area (TPSA) is 95.7 Å². The van der Waals surface area contributed by atoms with Crippen molar-refractivity contribution in [1.82, 2.24) is 15.4 Å². The van der Waals surface area contributed by atoms with Gasteiger partial charge in [0, 0.05) is 31.0 Å². The lowest BCUT2D eigenvalue weighted by Gasteiger charge is -2.60. The molecule has 4 saturated carbocycles. The number of hydrogen-bond acceptors (Lipinski definition) is 5. The Kier molecular flexibility index (Phi) is 5.15. The highest BCUT2D eigenvalue weighted by Crippen LogP contribution is 2.62. The van der Waals surface area contributed by atoms with Crippen LogP contribution in [-0.4, -0.2) is 45.2 Å². The summed E-state index contributed by atoms with van der Waals surface area (Å²) in [5.41, 5.74) is 1.27. The van der Waals surface area contributed by atoms with Crippen molar-refractivity contribution in [3.8, 4) is 0 Å². The average Bonchev–Trinajstić information content (AvgIpc) is 2.86. The summed E-state index contributed by atoms with van der Waals surface area (Å²) in [5.74, 6) is 2.17. The number of aliphatic hydroxyl groups is 1. The number of likely N-dealkylation sites (tertiary alicyclic amines) is 1. The second-order valence-corrected chi connectivity index (χ2v) is 11.1. The van der Waals surface area contributed by atoms with Gasteiger partial charge in [0.25, 0.3) is 0 Å². The molecule has 2 heterocycles. The third kappa shape index (κ3) is 4.13. The molecule has 5 aliphatic rings. The van der Waals surface area contributed by atoms with E-state index < -0.39 is 5.60 Å². The summed E-state index contributed by atoms with van der Waals surface area (Å²) in [6.45, 7) is 4.92. The molecule has 0 aromatic carbocycles. The molecule has 4 aliphatic carbocycles. The highest BCUT2D eigenvalue weighted by Gasteiger charge is 2.57. The van der Waals surface area contributed by atoms with E-state index in [9.17, 15) is 14.7 Å². The second-order valence-electron chi connectivity index (χ2n) is 11.1. The monoisotopic (exact) mass is 429 g/mol. The van der Waals surface area contributed by atoms with Crippen molar-refractivity contribution in [2.45, 2.75) is 96.2 Å². The van der Waals surface area contributed by atoms with Crippen LogP contribution in [0.25, 0.3) is 0 Å². The lowest BCUT2D eigenvalue weighted by atomic mass is 9.47. The minimum Gasteiger partial charge on any atom is -0.390 e. The van der Waals surface area contributed by atoms with Gasteiger partial charge in [-0.2, -0.15) is 0 Å². The van der Waals surface area contributed by atoms with Gasteiger partial charge in [-0.3, -0.25) is 9.59 Å². The third-order valence-electron chi connectivity index (χ3n) is 8.39. The van der Waals surface area contributed by atoms with Gasteiger partial charge in [0.2, 0.25) is 11.8 Å². The van der Waals surface area contributed by atoms with Crippen LogP contribution in [0.2, 0.25) is 0 Å². The highest BCUT2D eigenvalue weighted by atomic mass is 16.5. The van der Waals surface area contributed by atoms with Gasteiger partial charge in [0.05, 0.1) is 17.8 Å². The molecular formula is C24H35N3O4. The quantitative estimate of drug-likeness (QED) is 0.750. The lowest BCUT2D eigenvalue weighted by molar-refractivity contribution is -0.169. The Morgan fingerprint density at radius 1 is 1.23 bits per heavy atom. The first-order valence-electron chi connectivity index (χ1n) is 11.9. The van der Waals surface area contributed by atoms with Gasteiger partial charge in [-0.05, 0) is 82.5 Å². The maximum atomic E-state index is 13.0. The maximum Gasteiger partial charge on any atom is 0.222 e. The molecule has 4 bridgehead atoms. The summed E-state index contributed by atoms with van der Waals surface area (Å²) >= 11 is 0. The number of nitrogens with zero attached hydrogens (tertiary/aromatic N) is 2. The van der Waals surface area contributed by atoms with E-state index in [0.29, 0.717) is 44.2 Å². The zero-order valence-corrected chi connectivity index (χ0v) is 18.8. The van der Waals surface area contributed by atoms with E-state index in [2.05, 4.69) is 10.5 Å². The van der Waals surface area contributed by atoms with Gasteiger partial charge in [0.15, 0.2) is 0 Å². The predicted molar refractivity (Wildman–Crippen MR) is 114 cm³/mol. The molecule has 3 atom stereocenters. The van der Waals surface area contributed by atoms with E-state index in [1.165, 1.54) is 6.42 Å². The fourth-order valence-electron chi connectivity index (χ4n) is 7.49. The number of amides is 2. The zero-order valence-electron chi connectivity index (χ0n) is 18.8. The van der Waals surface area contributed by atoms with Gasteiger partial charge in [-0.15, -0.1) is 0 Å². The molecule has 7 heteroatoms. The van der Waals surface area contributed by atoms with Crippen molar-refractivity contribution in [2.75, 3.05) is 6.54 Å². The van der Waals surface area contributed by atoms with Crippen LogP contribution in [0.4, 0.5) is 0 Å². The molecule has 31 heavy (non-hydrogen) atoms. The minimum absolute atomic E-state index is 0.0150. The molecule has 6 rings (SSSR count). The van der Waals surface area contributed by atoms with Crippen LogP contribution in [-0.2, 0) is 16.1 Å². The Hall–Kier alpha value is -1.89. The van der Waals surface area contributed by atoms with Crippen LogP contribution in [0.3, 0.4) is 0 Å². The zero-order chi connectivity index (χ0) is 21.8. The van der Waals surface area contributed by atoms with Crippen LogP contribution in [0.5, 0.6) is 0 Å². The van der Waals surface area contributed by atoms with E-state index in [1.54, 1.807) is 0 Å². The number of carbonyl (C=O) groups excluding carboxylic acids is 2. The predicted octanol–water partition coefficient (Wildman–Crippen LogP) is 3.01. The van der Waals surface area contributed by atoms with Crippen LogP contribution >= 0.6 is 0 Å². The standard InChI is InChI=1S/C24H35N3O4/c1-15-20(16(2)31-26-15)13-27-6-5-19(3-4-22(27)29)25-21(28)12-23-8-17-7-18(9-23)11-24(30,10-17)14-23/h17-19,30H,3-14H2,1-2H3,(H,25,28). The summed E-state index contributed by atoms with van der Waals surface area (Å²) in [6, 6.07) is 0.0307. The molecule has 5 fully saturated rings. The lowest BCUT2D eigenvalue weighted by Crippen LogP contribution is -2.56. The summed E-state index contributed by atoms with van der Waals surface area (Å²) in [6.07, 6.45) is 8.48. The van der Waals surface area contributed by atoms with E-state index in [-0.39, 0.29) is 23.3 Å². The molecule has 1 aromatic heterocycles. The summed E-state index contributed by atoms with van der Waals surface area (Å²) in [4.78, 5) is 27.5. The SMILES string of the molecule is Cc1noc(C)c1CN1CCC(NC(=O)CC23CC4CC(CC(O)(C4)C2)C3)CCC1=O. The largest absolute Gasteiger partial charge is 0.390 e. The van der Waals surface area contributed by atoms with Crippen molar-refractivity contribution < 1.29 is 19.2 Å². The number of nitrogens with one attached hydrogen (secondary N) is 1. The van der Waals surface area contributed by atoms with E-state index in [4.69, 9.17) is 4.52 Å². The summed E-state index contributed by atoms with van der Waals surface area (Å²) < 4.78 is 5.24. The number of carbonyl (C=O) groups is 2. The summed E-state index contributed by atoms with van der Waals surface area (Å²) in [7, 11) is 0. The Balaban J connectivity index is 1.18. The van der Waals surface area contributed by atoms with Crippen molar-refractivity contribution in [3.05, 3.63) is 17.0 Å². The fraction of sp³-hybridized carbons (Fsp3) is 0.792. The number of hydrogen-bond donors (Lipinski definition) is 2. The molecule has 3 unspecified atom stereocenters. The first kappa shape index (κ1) is 21.0. The van der Waals surface area contributed by atoms with Gasteiger partial charge >= 0.3 is 0 Å². The van der Waals surface area contributed by atoms with Crippen molar-refractivity contribution in [2.24, 2.45) is 17.3 Å². The molecule has 1 saturated heterocycles. The van der Waals surface area contributed by atoms with E-state index in [1.807, 2.05) is 18.7 Å². The average molecular weight is 430 g/mol. The van der Waals surface area contributed by atoms with Crippen molar-refractivity contribution in [1.29, 1.82) is 0 Å². The van der Waals surface area contributed by atoms with Crippen molar-refractivity contribution in [3.63, 3.8) is 0 Å². The van der Waals surface area contributed by atoms with Crippen LogP contribution in [0.1, 0.15) is 81.2 Å². The van der Waals surface area contributed by atoms with Crippen LogP contribution < -0.4 is 5.32 Å². The Labute approximate surface area is 183 Å². The van der Waals surface area contributed by atoms with Gasteiger partial charge in [-0.1, -0.05) is 5.16 Å². The van der Waals surface area contributed by atoms with E-state index in [0.717, 1.165) is 55.5 Å². The van der Waals surface area contributed by atoms with Crippen LogP contribution in [0.15, 0.2) is 4.52 Å². The fourth-order valence-corrected chi connectivity index (χ4v) is 7.49. The molecular weight excluding hydrogens is 394 g/mol. The Morgan fingerprint density at radius 3 is 2.61 bits per heavy atom. The van der Waals surface area contributed by atoms with Crippen molar-refractivity contribution >= 4 is 11.8 Å². The molecule has 7 nitrogen and oxygen atoms in total. The number of aromatic nitrogens is 1. The molecule has 0 spiro atoms. The van der Waals surface area contributed by atoms with Gasteiger partial charge < -0.3 is 19.8 Å². The Bertz CT molecular complexity index is 845. The van der Waals surface area contributed by atoms with E-state index >= 15 is 0 Å². The number of rotatable bonds is 5. The first-order chi connectivity index (χ1) is 14.7. The minimum atomic E-state index is -0.530. The molecule has 2 amide bonds. The van der Waals surface area contributed by atoms with Gasteiger partial charge in [0.1, 0.15) is 5.76 Å². The maximum absolute atomic E-state index is 13.0. The second kappa shape index (κ2) is 7.61. The molecule has 170 valence electrons. The smallest absolute Gasteiger partial charge is 0.222 e. The molecule has 1 aromatic rings. The van der Waals surface area contributed by atoms with Gasteiger partial charge in [-0.25, -0.2) is 0 Å². The van der Waals surface area contributed by atoms with Crippen LogP contribution in [0, 0.1) is 31.1 Å². The summed E-state index contributed by atoms with van der Waals surface area (Å²) in [5, 5.41) is 18.2. The molecule has 2 N–H and O–H groups in total. The number of aryl methyl sites for hydroxylation is 2. The molecule has 1 aliphatic heterocycles. The first-order valence-corrected chi connectivity index (χ1v) is 11.9. The third-order valence-corrected chi connectivity index (χ3v) is 8.39. The molecule has 0 radical (unpaired) electrons. The highest BCUT2D eigenvalue weighted by molar-refractivity contribution is 5.78. The normalized spacial score (nSPS) is 37.2.